The number of aryl methyl sites for hydroxylation is 1. The average molecular weight is 260 g/mol. The molecule has 1 rings (SSSR count). The van der Waals surface area contributed by atoms with Crippen molar-refractivity contribution >= 4 is 0 Å². The van der Waals surface area contributed by atoms with Crippen LogP contribution in [0, 0.1) is 11.8 Å². The maximum atomic E-state index is 6.25. The molecule has 0 aliphatic rings. The molecule has 19 heavy (non-hydrogen) atoms. The van der Waals surface area contributed by atoms with Gasteiger partial charge in [0.05, 0.1) is 0 Å². The molecule has 0 N–H and O–H groups in total. The minimum atomic E-state index is 1.18. The number of hydrogen-bond donors (Lipinski definition) is 0. The average Bonchev–Trinajstić information content (AvgIpc) is 2.49. The Labute approximate surface area is 119 Å². The quantitative estimate of drug-likeness (QED) is 0.343. The second-order valence-corrected chi connectivity index (χ2v) is 4.94. The summed E-state index contributed by atoms with van der Waals surface area (Å²) in [5.74, 6) is 0. The molecule has 0 aromatic carbocycles. The van der Waals surface area contributed by atoms with Crippen LogP contribution in [-0.2, 0) is 6.54 Å². The number of hydrogen-bond acceptors (Lipinski definition) is 1. The van der Waals surface area contributed by atoms with Gasteiger partial charge in [0.2, 0.25) is 0 Å². The molecule has 0 fully saturated rings. The first-order chi connectivity index (χ1) is 9.43. The molecule has 0 saturated heterocycles. The second-order valence-electron chi connectivity index (χ2n) is 4.94. The van der Waals surface area contributed by atoms with Crippen LogP contribution in [0.3, 0.4) is 0 Å². The van der Waals surface area contributed by atoms with E-state index >= 15 is 0 Å². The molecule has 2 heteroatoms. The lowest BCUT2D eigenvalue weighted by molar-refractivity contribution is -0.697. The molecule has 0 radical (unpaired) electrons. The van der Waals surface area contributed by atoms with E-state index in [2.05, 4.69) is 42.1 Å². The van der Waals surface area contributed by atoms with Crippen LogP contribution in [-0.4, -0.2) is 0 Å². The number of unbranched alkanes of at least 4 members (excludes halogenated alkanes) is 8. The summed E-state index contributed by atoms with van der Waals surface area (Å²) < 4.78 is 2.28. The first kappa shape index (κ1) is 17.6. The normalized spacial score (nSPS) is 9.63. The van der Waals surface area contributed by atoms with Gasteiger partial charge in [-0.1, -0.05) is 57.9 Å². The molecule has 0 bridgehead atoms. The molecule has 0 aliphatic heterocycles. The van der Waals surface area contributed by atoms with Crippen molar-refractivity contribution in [3.05, 3.63) is 37.2 Å². The van der Waals surface area contributed by atoms with Crippen molar-refractivity contribution in [2.24, 2.45) is 0 Å². The van der Waals surface area contributed by atoms with Crippen molar-refractivity contribution in [3.8, 4) is 0 Å². The van der Waals surface area contributed by atoms with Crippen LogP contribution < -0.4 is 4.57 Å². The zero-order valence-corrected chi connectivity index (χ0v) is 12.4. The van der Waals surface area contributed by atoms with Gasteiger partial charge >= 0.3 is 0 Å². The molecule has 0 unspecified atom stereocenters. The summed E-state index contributed by atoms with van der Waals surface area (Å²) in [7, 11) is 0. The number of pyridine rings is 1. The summed E-state index contributed by atoms with van der Waals surface area (Å²) in [4.78, 5) is 0. The molecule has 0 aliphatic carbocycles. The third-order valence-corrected chi connectivity index (χ3v) is 3.30. The molecular formula is C17H28N2. The van der Waals surface area contributed by atoms with E-state index in [1.54, 1.807) is 0 Å². The third-order valence-electron chi connectivity index (χ3n) is 3.30. The lowest BCUT2D eigenvalue weighted by Gasteiger charge is -2.00. The van der Waals surface area contributed by atoms with Crippen molar-refractivity contribution in [2.75, 3.05) is 0 Å². The number of nitrogens with zero attached hydrogens (tertiary/aromatic N) is 2. The van der Waals surface area contributed by atoms with E-state index < -0.39 is 0 Å². The molecule has 0 atom stereocenters. The van der Waals surface area contributed by atoms with Crippen LogP contribution >= 0.6 is 0 Å². The molecule has 0 spiro atoms. The van der Waals surface area contributed by atoms with Gasteiger partial charge < -0.3 is 11.8 Å². The molecular weight excluding hydrogens is 232 g/mol. The predicted molar refractivity (Wildman–Crippen MR) is 78.8 cm³/mol. The number of aromatic nitrogens is 1. The second kappa shape index (κ2) is 14.7. The van der Waals surface area contributed by atoms with Gasteiger partial charge in [0, 0.05) is 18.6 Å². The van der Waals surface area contributed by atoms with Crippen LogP contribution in [0.15, 0.2) is 30.6 Å². The van der Waals surface area contributed by atoms with Crippen molar-refractivity contribution in [3.63, 3.8) is 0 Å². The molecule has 1 heterocycles. The van der Waals surface area contributed by atoms with Gasteiger partial charge in [-0.2, -0.15) is 0 Å². The standard InChI is InChI=1S/C16H28N.CN/c1-2-3-4-5-6-7-8-9-11-14-17-15-12-10-13-16-17;1-2/h10,12-13,15-16H,2-9,11,14H2,1H3;/q+1;-1. The van der Waals surface area contributed by atoms with Crippen LogP contribution in [0.25, 0.3) is 0 Å². The van der Waals surface area contributed by atoms with Crippen LogP contribution in [0.4, 0.5) is 0 Å². The third kappa shape index (κ3) is 11.5. The molecule has 1 aromatic rings. The van der Waals surface area contributed by atoms with Gasteiger partial charge in [0.25, 0.3) is 0 Å². The molecule has 0 saturated carbocycles. The minimum Gasteiger partial charge on any atom is -0.512 e. The Morgan fingerprint density at radius 1 is 0.737 bits per heavy atom. The Balaban J connectivity index is 0.00000154. The van der Waals surface area contributed by atoms with Crippen LogP contribution in [0.5, 0.6) is 0 Å². The Morgan fingerprint density at radius 3 is 1.74 bits per heavy atom. The smallest absolute Gasteiger partial charge is 0.168 e. The summed E-state index contributed by atoms with van der Waals surface area (Å²) in [6.07, 6.45) is 17.0. The predicted octanol–water partition coefficient (Wildman–Crippen LogP) is 4.60. The van der Waals surface area contributed by atoms with E-state index in [0.717, 1.165) is 0 Å². The van der Waals surface area contributed by atoms with Gasteiger partial charge in [0.1, 0.15) is 6.54 Å². The van der Waals surface area contributed by atoms with Gasteiger partial charge in [-0.15, -0.1) is 0 Å². The van der Waals surface area contributed by atoms with Gasteiger partial charge in [0.15, 0.2) is 12.4 Å². The molecule has 1 aromatic heterocycles. The van der Waals surface area contributed by atoms with Crippen LogP contribution in [0.1, 0.15) is 64.7 Å². The monoisotopic (exact) mass is 260 g/mol. The fourth-order valence-corrected chi connectivity index (χ4v) is 2.19. The SMILES string of the molecule is CCCCCCCCCCC[n+]1ccccc1.[C-]#N. The maximum Gasteiger partial charge on any atom is 0.168 e. The van der Waals surface area contributed by atoms with Crippen molar-refractivity contribution in [1.82, 2.24) is 0 Å². The Morgan fingerprint density at radius 2 is 1.21 bits per heavy atom. The van der Waals surface area contributed by atoms with Gasteiger partial charge in [-0.3, -0.25) is 0 Å². The topological polar surface area (TPSA) is 27.7 Å². The summed E-state index contributed by atoms with van der Waals surface area (Å²) in [6.45, 7) is 8.21. The zero-order valence-electron chi connectivity index (χ0n) is 12.4. The van der Waals surface area contributed by atoms with E-state index in [4.69, 9.17) is 11.8 Å². The summed E-state index contributed by atoms with van der Waals surface area (Å²) in [6, 6.07) is 6.29. The molecule has 0 amide bonds. The summed E-state index contributed by atoms with van der Waals surface area (Å²) >= 11 is 0. The molecule has 2 nitrogen and oxygen atoms in total. The highest BCUT2D eigenvalue weighted by Gasteiger charge is 1.97. The van der Waals surface area contributed by atoms with E-state index in [9.17, 15) is 0 Å². The van der Waals surface area contributed by atoms with Crippen molar-refractivity contribution in [1.29, 1.82) is 5.26 Å². The highest BCUT2D eigenvalue weighted by atomic mass is 14.9. The van der Waals surface area contributed by atoms with E-state index in [1.807, 2.05) is 0 Å². The first-order valence-electron chi connectivity index (χ1n) is 7.60. The van der Waals surface area contributed by atoms with E-state index in [1.165, 1.54) is 64.3 Å². The Hall–Kier alpha value is -1.36. The van der Waals surface area contributed by atoms with Crippen molar-refractivity contribution in [2.45, 2.75) is 71.3 Å². The van der Waals surface area contributed by atoms with Crippen LogP contribution in [0.2, 0.25) is 0 Å². The van der Waals surface area contributed by atoms with Crippen molar-refractivity contribution < 1.29 is 4.57 Å². The number of rotatable bonds is 10. The van der Waals surface area contributed by atoms with E-state index in [0.29, 0.717) is 0 Å². The zero-order chi connectivity index (χ0) is 14.2. The maximum absolute atomic E-state index is 6.25. The fraction of sp³-hybridized carbons (Fsp3) is 0.647. The van der Waals surface area contributed by atoms with E-state index in [-0.39, 0.29) is 0 Å². The largest absolute Gasteiger partial charge is 0.512 e. The highest BCUT2D eigenvalue weighted by molar-refractivity contribution is 4.83. The minimum absolute atomic E-state index is 1.18. The first-order valence-corrected chi connectivity index (χ1v) is 7.60. The Kier molecular flexibility index (Phi) is 13.6. The summed E-state index contributed by atoms with van der Waals surface area (Å²) in [5, 5.41) is 6.25. The lowest BCUT2D eigenvalue weighted by Crippen LogP contribution is -2.32. The lowest BCUT2D eigenvalue weighted by atomic mass is 10.1. The van der Waals surface area contributed by atoms with Gasteiger partial charge in [-0.25, -0.2) is 4.57 Å². The summed E-state index contributed by atoms with van der Waals surface area (Å²) in [5.41, 5.74) is 0. The highest BCUT2D eigenvalue weighted by Crippen LogP contribution is 2.09. The molecule has 106 valence electrons. The Bertz CT molecular complexity index is 293. The van der Waals surface area contributed by atoms with Gasteiger partial charge in [-0.05, 0) is 6.42 Å². The fourth-order valence-electron chi connectivity index (χ4n) is 2.19.